The van der Waals surface area contributed by atoms with Gasteiger partial charge in [0.1, 0.15) is 23.0 Å². The lowest BCUT2D eigenvalue weighted by atomic mass is 10.0. The molecule has 98 valence electrons. The van der Waals surface area contributed by atoms with Gasteiger partial charge in [-0.3, -0.25) is 0 Å². The second-order valence-corrected chi connectivity index (χ2v) is 4.01. The Hall–Kier alpha value is -2.37. The highest BCUT2D eigenvalue weighted by atomic mass is 19.1. The van der Waals surface area contributed by atoms with Crippen LogP contribution in [0.2, 0.25) is 0 Å². The normalized spacial score (nSPS) is 10.5. The molecule has 0 saturated carbocycles. The number of hydrogen-bond donors (Lipinski definition) is 1. The fourth-order valence-corrected chi connectivity index (χ4v) is 1.85. The number of benzene rings is 1. The number of carboxylic acid groups (broad SMARTS) is 1. The third kappa shape index (κ3) is 2.42. The SMILES string of the molecule is Cc1nc(C)c(C(=O)O)c(-c2ccc(F)cc2F)n1. The van der Waals surface area contributed by atoms with Gasteiger partial charge in [0.2, 0.25) is 0 Å². The Morgan fingerprint density at radius 3 is 2.47 bits per heavy atom. The summed E-state index contributed by atoms with van der Waals surface area (Å²) in [6.45, 7) is 3.08. The Bertz CT molecular complexity index is 672. The minimum Gasteiger partial charge on any atom is -0.478 e. The molecule has 4 nitrogen and oxygen atoms in total. The Labute approximate surface area is 107 Å². The molecule has 0 bridgehead atoms. The van der Waals surface area contributed by atoms with Crippen molar-refractivity contribution in [3.05, 3.63) is 46.9 Å². The largest absolute Gasteiger partial charge is 0.478 e. The lowest BCUT2D eigenvalue weighted by Crippen LogP contribution is -2.09. The molecule has 6 heteroatoms. The lowest BCUT2D eigenvalue weighted by molar-refractivity contribution is 0.0696. The average Bonchev–Trinajstić information content (AvgIpc) is 2.26. The zero-order chi connectivity index (χ0) is 14.2. The second kappa shape index (κ2) is 4.72. The summed E-state index contributed by atoms with van der Waals surface area (Å²) in [5.74, 6) is -2.53. The van der Waals surface area contributed by atoms with Gasteiger partial charge in [-0.15, -0.1) is 0 Å². The minimum absolute atomic E-state index is 0.0463. The molecule has 2 rings (SSSR count). The first-order valence-electron chi connectivity index (χ1n) is 5.44. The zero-order valence-electron chi connectivity index (χ0n) is 10.2. The molecule has 1 aromatic carbocycles. The van der Waals surface area contributed by atoms with Gasteiger partial charge in [0, 0.05) is 11.6 Å². The molecule has 1 aromatic heterocycles. The van der Waals surface area contributed by atoms with Crippen molar-refractivity contribution < 1.29 is 18.7 Å². The van der Waals surface area contributed by atoms with Crippen molar-refractivity contribution in [2.75, 3.05) is 0 Å². The predicted molar refractivity (Wildman–Crippen MR) is 63.8 cm³/mol. The molecule has 0 fully saturated rings. The number of aryl methyl sites for hydroxylation is 2. The van der Waals surface area contributed by atoms with Crippen LogP contribution < -0.4 is 0 Å². The number of halogens is 2. The van der Waals surface area contributed by atoms with Crippen LogP contribution in [0.25, 0.3) is 11.3 Å². The summed E-state index contributed by atoms with van der Waals surface area (Å²) in [7, 11) is 0. The van der Waals surface area contributed by atoms with E-state index in [1.54, 1.807) is 6.92 Å². The number of rotatable bonds is 2. The molecule has 0 aliphatic heterocycles. The second-order valence-electron chi connectivity index (χ2n) is 4.01. The van der Waals surface area contributed by atoms with Crippen molar-refractivity contribution in [1.82, 2.24) is 9.97 Å². The van der Waals surface area contributed by atoms with E-state index in [1.165, 1.54) is 13.0 Å². The minimum atomic E-state index is -1.25. The third-order valence-electron chi connectivity index (χ3n) is 2.60. The van der Waals surface area contributed by atoms with Crippen LogP contribution in [0, 0.1) is 25.5 Å². The van der Waals surface area contributed by atoms with E-state index >= 15 is 0 Å². The Balaban J connectivity index is 2.77. The predicted octanol–water partition coefficient (Wildman–Crippen LogP) is 2.74. The van der Waals surface area contributed by atoms with Crippen molar-refractivity contribution in [3.63, 3.8) is 0 Å². The van der Waals surface area contributed by atoms with E-state index in [2.05, 4.69) is 9.97 Å². The number of carboxylic acids is 1. The molecule has 1 N–H and O–H groups in total. The van der Waals surface area contributed by atoms with Gasteiger partial charge in [-0.25, -0.2) is 23.5 Å². The van der Waals surface area contributed by atoms with Crippen LogP contribution in [0.1, 0.15) is 21.9 Å². The summed E-state index contributed by atoms with van der Waals surface area (Å²) < 4.78 is 26.6. The van der Waals surface area contributed by atoms with Gasteiger partial charge in [-0.05, 0) is 26.0 Å². The molecule has 0 amide bonds. The summed E-state index contributed by atoms with van der Waals surface area (Å²) >= 11 is 0. The van der Waals surface area contributed by atoms with Crippen molar-refractivity contribution in [2.45, 2.75) is 13.8 Å². The standard InChI is InChI=1S/C13H10F2N2O2/c1-6-11(13(18)19)12(17-7(2)16-6)9-4-3-8(14)5-10(9)15/h3-5H,1-2H3,(H,18,19). The maximum absolute atomic E-state index is 13.7. The smallest absolute Gasteiger partial charge is 0.339 e. The quantitative estimate of drug-likeness (QED) is 0.905. The Morgan fingerprint density at radius 2 is 1.89 bits per heavy atom. The van der Waals surface area contributed by atoms with Gasteiger partial charge < -0.3 is 5.11 Å². The summed E-state index contributed by atoms with van der Waals surface area (Å²) in [5, 5.41) is 9.17. The first-order chi connectivity index (χ1) is 8.90. The highest BCUT2D eigenvalue weighted by Gasteiger charge is 2.20. The lowest BCUT2D eigenvalue weighted by Gasteiger charge is -2.09. The van der Waals surface area contributed by atoms with Gasteiger partial charge in [-0.2, -0.15) is 0 Å². The van der Waals surface area contributed by atoms with E-state index < -0.39 is 17.6 Å². The molecule has 0 saturated heterocycles. The maximum Gasteiger partial charge on any atom is 0.339 e. The fourth-order valence-electron chi connectivity index (χ4n) is 1.85. The number of carbonyl (C=O) groups is 1. The number of aromatic carboxylic acids is 1. The summed E-state index contributed by atoms with van der Waals surface area (Å²) in [5.41, 5.74) is -0.0581. The van der Waals surface area contributed by atoms with Crippen molar-refractivity contribution in [1.29, 1.82) is 0 Å². The van der Waals surface area contributed by atoms with Crippen molar-refractivity contribution in [2.24, 2.45) is 0 Å². The molecule has 0 aliphatic carbocycles. The van der Waals surface area contributed by atoms with Gasteiger partial charge in [0.05, 0.1) is 11.4 Å². The zero-order valence-corrected chi connectivity index (χ0v) is 10.2. The maximum atomic E-state index is 13.7. The van der Waals surface area contributed by atoms with Crippen molar-refractivity contribution >= 4 is 5.97 Å². The van der Waals surface area contributed by atoms with E-state index in [4.69, 9.17) is 5.11 Å². The molecule has 2 aromatic rings. The molecular weight excluding hydrogens is 254 g/mol. The fraction of sp³-hybridized carbons (Fsp3) is 0.154. The molecule has 1 heterocycles. The van der Waals surface area contributed by atoms with Crippen LogP contribution >= 0.6 is 0 Å². The molecule has 0 spiro atoms. The van der Waals surface area contributed by atoms with Crippen LogP contribution in [0.3, 0.4) is 0 Å². The monoisotopic (exact) mass is 264 g/mol. The molecule has 0 radical (unpaired) electrons. The summed E-state index contributed by atoms with van der Waals surface area (Å²) in [6, 6.07) is 2.91. The third-order valence-corrected chi connectivity index (χ3v) is 2.60. The average molecular weight is 264 g/mol. The summed E-state index contributed by atoms with van der Waals surface area (Å²) in [4.78, 5) is 19.1. The molecule has 0 atom stereocenters. The Kier molecular flexibility index (Phi) is 3.25. The summed E-state index contributed by atoms with van der Waals surface area (Å²) in [6.07, 6.45) is 0. The van der Waals surface area contributed by atoms with Crippen LogP contribution in [0.15, 0.2) is 18.2 Å². The van der Waals surface area contributed by atoms with Crippen LogP contribution in [0.5, 0.6) is 0 Å². The van der Waals surface area contributed by atoms with Gasteiger partial charge in [0.15, 0.2) is 0 Å². The first-order valence-corrected chi connectivity index (χ1v) is 5.44. The van der Waals surface area contributed by atoms with Crippen molar-refractivity contribution in [3.8, 4) is 11.3 Å². The molecule has 0 unspecified atom stereocenters. The molecule has 0 aliphatic rings. The van der Waals surface area contributed by atoms with Gasteiger partial charge >= 0.3 is 5.97 Å². The molecular formula is C13H10F2N2O2. The number of hydrogen-bond acceptors (Lipinski definition) is 3. The Morgan fingerprint density at radius 1 is 1.21 bits per heavy atom. The van der Waals surface area contributed by atoms with E-state index in [-0.39, 0.29) is 22.5 Å². The topological polar surface area (TPSA) is 63.1 Å². The van der Waals surface area contributed by atoms with E-state index in [0.717, 1.165) is 6.07 Å². The van der Waals surface area contributed by atoms with Crippen LogP contribution in [-0.4, -0.2) is 21.0 Å². The number of aromatic nitrogens is 2. The van der Waals surface area contributed by atoms with E-state index in [9.17, 15) is 13.6 Å². The van der Waals surface area contributed by atoms with E-state index in [0.29, 0.717) is 11.9 Å². The highest BCUT2D eigenvalue weighted by molar-refractivity contribution is 5.95. The van der Waals surface area contributed by atoms with Crippen LogP contribution in [-0.2, 0) is 0 Å². The molecule has 19 heavy (non-hydrogen) atoms. The van der Waals surface area contributed by atoms with E-state index in [1.807, 2.05) is 0 Å². The number of nitrogens with zero attached hydrogens (tertiary/aromatic N) is 2. The highest BCUT2D eigenvalue weighted by Crippen LogP contribution is 2.26. The van der Waals surface area contributed by atoms with Gasteiger partial charge in [-0.1, -0.05) is 0 Å². The van der Waals surface area contributed by atoms with Crippen LogP contribution in [0.4, 0.5) is 8.78 Å². The van der Waals surface area contributed by atoms with Gasteiger partial charge in [0.25, 0.3) is 0 Å². The first kappa shape index (κ1) is 13.1.